The van der Waals surface area contributed by atoms with Crippen molar-refractivity contribution in [3.05, 3.63) is 486 Å². The van der Waals surface area contributed by atoms with Gasteiger partial charge in [0.15, 0.2) is 11.6 Å². The minimum Gasteiger partial charge on any atom is -0.309 e. The van der Waals surface area contributed by atoms with Crippen LogP contribution in [-0.4, -0.2) is 57.3 Å². The summed E-state index contributed by atoms with van der Waals surface area (Å²) in [5.41, 5.74) is 33.6. The van der Waals surface area contributed by atoms with Gasteiger partial charge < -0.3 is 22.8 Å². The fourth-order valence-corrected chi connectivity index (χ4v) is 21.0. The third-order valence-corrected chi connectivity index (χ3v) is 26.8. The highest BCUT2D eigenvalue weighted by Crippen LogP contribution is 2.49. The molecule has 0 N–H and O–H groups in total. The average molecular weight is 1740 g/mol. The van der Waals surface area contributed by atoms with E-state index < -0.39 is 0 Å². The number of hydrogen-bond acceptors (Lipinski definition) is 6. The van der Waals surface area contributed by atoms with E-state index in [0.29, 0.717) is 17.6 Å². The molecule has 0 spiro atoms. The van der Waals surface area contributed by atoms with Crippen LogP contribution in [0.25, 0.3) is 244 Å². The van der Waals surface area contributed by atoms with Gasteiger partial charge in [0.1, 0.15) is 0 Å². The molecule has 0 atom stereocenters. The van der Waals surface area contributed by atoms with Gasteiger partial charge in [-0.3, -0.25) is 19.5 Å². The van der Waals surface area contributed by atoms with Crippen molar-refractivity contribution in [3.8, 4) is 102 Å². The first-order valence-electron chi connectivity index (χ1n) is 46.0. The molecule has 0 bridgehead atoms. The summed E-state index contributed by atoms with van der Waals surface area (Å²) < 4.78 is 14.0. The van der Waals surface area contributed by atoms with Crippen LogP contribution in [0, 0.1) is 0 Å². The Bertz CT molecular complexity index is 9470. The molecule has 0 aliphatic carbocycles. The van der Waals surface area contributed by atoms with Crippen LogP contribution in [0.4, 0.5) is 0 Å². The van der Waals surface area contributed by atoms with E-state index in [9.17, 15) is 0 Å². The summed E-state index contributed by atoms with van der Waals surface area (Å²) in [4.78, 5) is 30.1. The lowest BCUT2D eigenvalue weighted by Crippen LogP contribution is -2.06. The molecule has 136 heavy (non-hydrogen) atoms. The summed E-state index contributed by atoms with van der Waals surface area (Å²) >= 11 is 0. The Morgan fingerprint density at radius 3 is 0.809 bits per heavy atom. The maximum atomic E-state index is 5.13. The van der Waals surface area contributed by atoms with Gasteiger partial charge in [-0.25, -0.2) is 4.98 Å². The van der Waals surface area contributed by atoms with Crippen molar-refractivity contribution in [1.29, 1.82) is 0 Å². The summed E-state index contributed by atoms with van der Waals surface area (Å²) in [6, 6.07) is 165. The maximum Gasteiger partial charge on any atom is 0.238 e. The Labute approximate surface area is 781 Å². The van der Waals surface area contributed by atoms with E-state index in [4.69, 9.17) is 29.9 Å². The molecule has 0 aliphatic heterocycles. The zero-order chi connectivity index (χ0) is 89.7. The number of hydrogen-bond donors (Lipinski definition) is 0. The highest BCUT2D eigenvalue weighted by Gasteiger charge is 2.28. The number of rotatable bonds is 12. The Hall–Kier alpha value is -18.5. The second-order valence-electron chi connectivity index (χ2n) is 34.3. The SMILES string of the molecule is c1ccc(-c2ccc(-n3c4ccccc4c4c(-c5cccc6c5c5ncccc5n6-c5ccccc5)cccc43)cc2)cc1.c1ccc(-c2nc(-c3ccccc3)nc(-n3c4ccccc4c4c(-c5cccc6c5c5ncccc5n6-c5ccccc5)cccc43)n2)cc1.c1ccc(-n2c3cccnc3c3c(-c4cccc5c4c4ccccc4n5-c4ccc5ccccc5c4)cccc32)cc1. The Morgan fingerprint density at radius 1 is 0.154 bits per heavy atom. The monoisotopic (exact) mass is 1740 g/mol. The fraction of sp³-hybridized carbons (Fsp3) is 0. The summed E-state index contributed by atoms with van der Waals surface area (Å²) in [6.07, 6.45) is 5.69. The summed E-state index contributed by atoms with van der Waals surface area (Å²) in [5, 5.41) is 13.2. The molecule has 10 aromatic heterocycles. The van der Waals surface area contributed by atoms with Crippen molar-refractivity contribution < 1.29 is 0 Å². The van der Waals surface area contributed by atoms with Crippen LogP contribution in [0.15, 0.2) is 486 Å². The average Bonchev–Trinajstić information content (AvgIpc) is 1.57. The molecule has 636 valence electrons. The van der Waals surface area contributed by atoms with Gasteiger partial charge in [0.2, 0.25) is 5.95 Å². The number of para-hydroxylation sites is 6. The summed E-state index contributed by atoms with van der Waals surface area (Å²) in [7, 11) is 0. The largest absolute Gasteiger partial charge is 0.309 e. The number of fused-ring (bicyclic) bond motifs is 19. The molecular formula is C124H80N12. The van der Waals surface area contributed by atoms with Gasteiger partial charge in [-0.1, -0.05) is 315 Å². The van der Waals surface area contributed by atoms with E-state index in [-0.39, 0.29) is 0 Å². The molecule has 0 fully saturated rings. The van der Waals surface area contributed by atoms with E-state index in [1.165, 1.54) is 98.5 Å². The van der Waals surface area contributed by atoms with E-state index in [1.807, 2.05) is 97.5 Å². The standard InChI is InChI=1S/C44H28N6.C41H27N3.C39H25N3/c1-4-15-29(16-5-1)42-46-43(30-17-6-2-7-18-30)48-44(47-42)50-35-24-11-10-21-34(35)39-32(22-12-25-36(39)50)33-23-13-26-37-40(33)41-38(27-14-28-45-41)49(37)31-19-8-3-9-20-31;1-3-12-28(13-4-1)29-23-25-31(26-24-29)43-35-19-8-7-16-34(35)39-32(17-9-20-36(39)43)33-18-10-21-37-40(33)41-38(22-11-27-42-41)44(37)30-14-5-2-6-15-30;1-2-13-28(14-3-1)41-35-20-9-17-31(38(35)39-36(41)21-10-24-40-39)30-16-8-19-34-37(30)32-15-6-7-18-33(32)42(34)29-23-22-26-11-4-5-12-27(26)25-29/h1-28H;1-27H;1-25H. The lowest BCUT2D eigenvalue weighted by atomic mass is 9.96. The first kappa shape index (κ1) is 78.5. The fourth-order valence-electron chi connectivity index (χ4n) is 21.0. The van der Waals surface area contributed by atoms with E-state index >= 15 is 0 Å². The molecule has 0 aliphatic rings. The molecule has 0 unspecified atom stereocenters. The second kappa shape index (κ2) is 32.8. The Kier molecular flexibility index (Phi) is 19.0. The first-order valence-corrected chi connectivity index (χ1v) is 46.0. The number of aromatic nitrogens is 12. The lowest BCUT2D eigenvalue weighted by Gasteiger charge is -2.11. The van der Waals surface area contributed by atoms with Crippen molar-refractivity contribution in [1.82, 2.24) is 57.3 Å². The second-order valence-corrected chi connectivity index (χ2v) is 34.3. The van der Waals surface area contributed by atoms with Gasteiger partial charge in [-0.05, 0) is 207 Å². The third kappa shape index (κ3) is 13.0. The van der Waals surface area contributed by atoms with Crippen molar-refractivity contribution >= 4 is 142 Å². The van der Waals surface area contributed by atoms with Crippen LogP contribution >= 0.6 is 0 Å². The third-order valence-electron chi connectivity index (χ3n) is 26.8. The maximum absolute atomic E-state index is 5.13. The molecule has 10 heterocycles. The minimum absolute atomic E-state index is 0.571. The highest BCUT2D eigenvalue weighted by molar-refractivity contribution is 6.25. The molecule has 28 rings (SSSR count). The van der Waals surface area contributed by atoms with Crippen LogP contribution in [0.5, 0.6) is 0 Å². The highest BCUT2D eigenvalue weighted by atomic mass is 15.2. The zero-order valence-electron chi connectivity index (χ0n) is 73.6. The molecular weight excluding hydrogens is 1660 g/mol. The normalized spacial score (nSPS) is 11.7. The van der Waals surface area contributed by atoms with E-state index in [0.717, 1.165) is 128 Å². The first-order chi connectivity index (χ1) is 67.6. The smallest absolute Gasteiger partial charge is 0.238 e. The van der Waals surface area contributed by atoms with Gasteiger partial charge in [-0.2, -0.15) is 9.97 Å². The van der Waals surface area contributed by atoms with Crippen molar-refractivity contribution in [2.45, 2.75) is 0 Å². The predicted octanol–water partition coefficient (Wildman–Crippen LogP) is 31.2. The van der Waals surface area contributed by atoms with E-state index in [1.54, 1.807) is 0 Å². The van der Waals surface area contributed by atoms with Crippen LogP contribution in [0.1, 0.15) is 0 Å². The number of pyridine rings is 3. The summed E-state index contributed by atoms with van der Waals surface area (Å²) in [5.74, 6) is 1.82. The Balaban J connectivity index is 0.000000106. The molecule has 28 aromatic rings. The number of benzene rings is 18. The molecule has 0 saturated heterocycles. The van der Waals surface area contributed by atoms with Crippen molar-refractivity contribution in [3.63, 3.8) is 0 Å². The number of nitrogens with zero attached hydrogens (tertiary/aromatic N) is 12. The van der Waals surface area contributed by atoms with Crippen molar-refractivity contribution in [2.75, 3.05) is 0 Å². The van der Waals surface area contributed by atoms with Crippen LogP contribution in [0.3, 0.4) is 0 Å². The van der Waals surface area contributed by atoms with E-state index in [2.05, 4.69) is 416 Å². The molecule has 12 heteroatoms. The van der Waals surface area contributed by atoms with Gasteiger partial charge >= 0.3 is 0 Å². The van der Waals surface area contributed by atoms with Gasteiger partial charge in [0.25, 0.3) is 0 Å². The Morgan fingerprint density at radius 2 is 0.419 bits per heavy atom. The van der Waals surface area contributed by atoms with Crippen LogP contribution < -0.4 is 0 Å². The lowest BCUT2D eigenvalue weighted by molar-refractivity contribution is 0.953. The van der Waals surface area contributed by atoms with Crippen molar-refractivity contribution in [2.24, 2.45) is 0 Å². The van der Waals surface area contributed by atoms with Crippen LogP contribution in [0.2, 0.25) is 0 Å². The quantitative estimate of drug-likeness (QED) is 0.121. The topological polar surface area (TPSA) is 107 Å². The van der Waals surface area contributed by atoms with Gasteiger partial charge in [-0.15, -0.1) is 0 Å². The molecule has 0 saturated carbocycles. The molecule has 12 nitrogen and oxygen atoms in total. The summed E-state index contributed by atoms with van der Waals surface area (Å²) in [6.45, 7) is 0. The molecule has 0 amide bonds. The minimum atomic E-state index is 0.571. The molecule has 18 aromatic carbocycles. The predicted molar refractivity (Wildman–Crippen MR) is 562 cm³/mol. The van der Waals surface area contributed by atoms with Gasteiger partial charge in [0.05, 0.1) is 82.8 Å². The van der Waals surface area contributed by atoms with Gasteiger partial charge in [0, 0.05) is 107 Å². The van der Waals surface area contributed by atoms with Crippen LogP contribution in [-0.2, 0) is 0 Å². The zero-order valence-corrected chi connectivity index (χ0v) is 73.6. The molecule has 0 radical (unpaired) electrons.